The van der Waals surface area contributed by atoms with E-state index in [1.165, 1.54) is 12.8 Å². The third kappa shape index (κ3) is 3.26. The molecule has 1 heterocycles. The van der Waals surface area contributed by atoms with Gasteiger partial charge in [0.1, 0.15) is 0 Å². The Kier molecular flexibility index (Phi) is 4.17. The molecule has 0 aromatic carbocycles. The first-order valence-corrected chi connectivity index (χ1v) is 7.31. The van der Waals surface area contributed by atoms with Crippen LogP contribution in [0.2, 0.25) is 0 Å². The normalized spacial score (nSPS) is 27.5. The van der Waals surface area contributed by atoms with Crippen LogP contribution in [0.3, 0.4) is 0 Å². The minimum Gasteiger partial charge on any atom is -0.381 e. The van der Waals surface area contributed by atoms with Crippen molar-refractivity contribution in [1.29, 1.82) is 0 Å². The minimum absolute atomic E-state index is 0.383. The van der Waals surface area contributed by atoms with Crippen molar-refractivity contribution in [1.82, 2.24) is 5.32 Å². The molecule has 0 aromatic heterocycles. The van der Waals surface area contributed by atoms with Gasteiger partial charge in [0.25, 0.3) is 0 Å². The van der Waals surface area contributed by atoms with Crippen LogP contribution in [0.4, 0.5) is 0 Å². The van der Waals surface area contributed by atoms with Crippen LogP contribution in [0.1, 0.15) is 25.7 Å². The van der Waals surface area contributed by atoms with Gasteiger partial charge in [-0.3, -0.25) is 4.21 Å². The van der Waals surface area contributed by atoms with Gasteiger partial charge in [0, 0.05) is 41.1 Å². The first-order valence-electron chi connectivity index (χ1n) is 5.93. The zero-order chi connectivity index (χ0) is 10.7. The summed E-state index contributed by atoms with van der Waals surface area (Å²) in [5.41, 5.74) is 0. The monoisotopic (exact) mass is 231 g/mol. The summed E-state index contributed by atoms with van der Waals surface area (Å²) < 4.78 is 17.4. The van der Waals surface area contributed by atoms with E-state index in [0.29, 0.717) is 11.3 Å². The molecule has 2 atom stereocenters. The molecule has 0 radical (unpaired) electrons. The molecule has 2 unspecified atom stereocenters. The largest absolute Gasteiger partial charge is 0.381 e. The number of rotatable bonds is 5. The van der Waals surface area contributed by atoms with Crippen molar-refractivity contribution in [2.24, 2.45) is 5.92 Å². The Morgan fingerprint density at radius 3 is 2.53 bits per heavy atom. The first-order chi connectivity index (χ1) is 7.31. The lowest BCUT2D eigenvalue weighted by Gasteiger charge is -2.24. The van der Waals surface area contributed by atoms with Crippen LogP contribution in [0.5, 0.6) is 0 Å². The zero-order valence-electron chi connectivity index (χ0n) is 9.41. The molecule has 2 rings (SSSR count). The highest BCUT2D eigenvalue weighted by atomic mass is 32.2. The topological polar surface area (TPSA) is 38.3 Å². The second-order valence-electron chi connectivity index (χ2n) is 4.59. The molecule has 1 aliphatic heterocycles. The van der Waals surface area contributed by atoms with Gasteiger partial charge in [-0.05, 0) is 38.6 Å². The van der Waals surface area contributed by atoms with Gasteiger partial charge in [-0.15, -0.1) is 0 Å². The van der Waals surface area contributed by atoms with E-state index < -0.39 is 10.8 Å². The Balaban J connectivity index is 1.78. The van der Waals surface area contributed by atoms with Crippen LogP contribution in [0.25, 0.3) is 0 Å². The maximum Gasteiger partial charge on any atom is 0.0477 e. The van der Waals surface area contributed by atoms with Crippen LogP contribution < -0.4 is 5.32 Å². The molecule has 0 amide bonds. The summed E-state index contributed by atoms with van der Waals surface area (Å²) in [6.07, 6.45) is 4.59. The molecular weight excluding hydrogens is 210 g/mol. The molecule has 15 heavy (non-hydrogen) atoms. The lowest BCUT2D eigenvalue weighted by atomic mass is 10.2. The molecule has 0 bridgehead atoms. The van der Waals surface area contributed by atoms with Crippen molar-refractivity contribution in [2.45, 2.75) is 37.0 Å². The third-order valence-corrected chi connectivity index (χ3v) is 5.35. The standard InChI is InChI=1S/C11H21NO2S/c1-12-11(9-2-3-9)8-15(13)10-4-6-14-7-5-10/h9-12H,2-8H2,1H3. The van der Waals surface area contributed by atoms with Gasteiger partial charge < -0.3 is 10.1 Å². The van der Waals surface area contributed by atoms with Gasteiger partial charge in [-0.25, -0.2) is 0 Å². The number of hydrogen-bond acceptors (Lipinski definition) is 3. The van der Waals surface area contributed by atoms with Crippen LogP contribution in [0.15, 0.2) is 0 Å². The molecule has 2 fully saturated rings. The summed E-state index contributed by atoms with van der Waals surface area (Å²) in [6.45, 7) is 1.59. The van der Waals surface area contributed by atoms with Gasteiger partial charge in [-0.2, -0.15) is 0 Å². The van der Waals surface area contributed by atoms with Gasteiger partial charge in [0.05, 0.1) is 0 Å². The predicted octanol–water partition coefficient (Wildman–Crippen LogP) is 0.912. The molecule has 1 saturated carbocycles. The SMILES string of the molecule is CNC(CS(=O)C1CCOCC1)C1CC1. The fourth-order valence-electron chi connectivity index (χ4n) is 2.21. The highest BCUT2D eigenvalue weighted by Gasteiger charge is 2.32. The van der Waals surface area contributed by atoms with E-state index in [-0.39, 0.29) is 0 Å². The van der Waals surface area contributed by atoms with Crippen LogP contribution >= 0.6 is 0 Å². The van der Waals surface area contributed by atoms with Crippen molar-refractivity contribution < 1.29 is 8.95 Å². The van der Waals surface area contributed by atoms with E-state index >= 15 is 0 Å². The van der Waals surface area contributed by atoms with Crippen molar-refractivity contribution in [3.05, 3.63) is 0 Å². The van der Waals surface area contributed by atoms with Crippen LogP contribution in [0, 0.1) is 5.92 Å². The molecular formula is C11H21NO2S. The molecule has 0 spiro atoms. The fourth-order valence-corrected chi connectivity index (χ4v) is 3.99. The van der Waals surface area contributed by atoms with E-state index in [4.69, 9.17) is 4.74 Å². The molecule has 0 aromatic rings. The van der Waals surface area contributed by atoms with E-state index in [1.807, 2.05) is 7.05 Å². The Labute approximate surface area is 94.4 Å². The number of nitrogens with one attached hydrogen (secondary N) is 1. The quantitative estimate of drug-likeness (QED) is 0.764. The van der Waals surface area contributed by atoms with Gasteiger partial charge in [-0.1, -0.05) is 0 Å². The Morgan fingerprint density at radius 1 is 1.33 bits per heavy atom. The van der Waals surface area contributed by atoms with Gasteiger partial charge >= 0.3 is 0 Å². The van der Waals surface area contributed by atoms with Crippen LogP contribution in [-0.2, 0) is 15.5 Å². The average molecular weight is 231 g/mol. The maximum atomic E-state index is 12.1. The van der Waals surface area contributed by atoms with E-state index in [2.05, 4.69) is 5.32 Å². The van der Waals surface area contributed by atoms with Crippen molar-refractivity contribution >= 4 is 10.8 Å². The summed E-state index contributed by atoms with van der Waals surface area (Å²) in [4.78, 5) is 0. The Morgan fingerprint density at radius 2 is 2.00 bits per heavy atom. The maximum absolute atomic E-state index is 12.1. The zero-order valence-corrected chi connectivity index (χ0v) is 10.2. The number of ether oxygens (including phenoxy) is 1. The molecule has 3 nitrogen and oxygen atoms in total. The lowest BCUT2D eigenvalue weighted by Crippen LogP contribution is -2.37. The molecule has 4 heteroatoms. The summed E-state index contributed by atoms with van der Waals surface area (Å²) in [5.74, 6) is 1.63. The summed E-state index contributed by atoms with van der Waals surface area (Å²) in [6, 6.07) is 0.480. The first kappa shape index (κ1) is 11.6. The Bertz CT molecular complexity index is 225. The van der Waals surface area contributed by atoms with E-state index in [0.717, 1.165) is 37.7 Å². The highest BCUT2D eigenvalue weighted by Crippen LogP contribution is 2.33. The molecule has 2 aliphatic rings. The van der Waals surface area contributed by atoms with Crippen molar-refractivity contribution in [3.8, 4) is 0 Å². The van der Waals surface area contributed by atoms with Gasteiger partial charge in [0.2, 0.25) is 0 Å². The highest BCUT2D eigenvalue weighted by molar-refractivity contribution is 7.85. The van der Waals surface area contributed by atoms with Gasteiger partial charge in [0.15, 0.2) is 0 Å². The van der Waals surface area contributed by atoms with Crippen molar-refractivity contribution in [2.75, 3.05) is 26.0 Å². The molecule has 1 aliphatic carbocycles. The summed E-state index contributed by atoms with van der Waals surface area (Å²) in [7, 11) is 1.33. The fraction of sp³-hybridized carbons (Fsp3) is 1.00. The predicted molar refractivity (Wildman–Crippen MR) is 62.4 cm³/mol. The minimum atomic E-state index is -0.659. The third-order valence-electron chi connectivity index (χ3n) is 3.45. The smallest absolute Gasteiger partial charge is 0.0477 e. The Hall–Kier alpha value is 0.0700. The van der Waals surface area contributed by atoms with Crippen molar-refractivity contribution in [3.63, 3.8) is 0 Å². The molecule has 88 valence electrons. The van der Waals surface area contributed by atoms with Crippen LogP contribution in [-0.4, -0.2) is 41.5 Å². The lowest BCUT2D eigenvalue weighted by molar-refractivity contribution is 0.0991. The average Bonchev–Trinajstić information content (AvgIpc) is 3.10. The molecule has 1 saturated heterocycles. The second kappa shape index (κ2) is 5.41. The summed E-state index contributed by atoms with van der Waals surface area (Å²) >= 11 is 0. The van der Waals surface area contributed by atoms with E-state index in [9.17, 15) is 4.21 Å². The second-order valence-corrected chi connectivity index (χ2v) is 6.35. The molecule has 1 N–H and O–H groups in total. The summed E-state index contributed by atoms with van der Waals surface area (Å²) in [5, 5.41) is 3.69. The number of hydrogen-bond donors (Lipinski definition) is 1. The van der Waals surface area contributed by atoms with E-state index in [1.54, 1.807) is 0 Å².